The Hall–Kier alpha value is -0.840. The van der Waals surface area contributed by atoms with Gasteiger partial charge in [0, 0.05) is 23.1 Å². The molecule has 1 saturated heterocycles. The quantitative estimate of drug-likeness (QED) is 0.920. The lowest BCUT2D eigenvalue weighted by Gasteiger charge is -2.23. The molecule has 3 nitrogen and oxygen atoms in total. The van der Waals surface area contributed by atoms with Crippen molar-refractivity contribution in [2.24, 2.45) is 5.92 Å². The van der Waals surface area contributed by atoms with Crippen LogP contribution in [0.3, 0.4) is 0 Å². The SMILES string of the molecule is CC(O)C1CCN(CC2=Cc3cc(Br)ccc3OC2)C1. The van der Waals surface area contributed by atoms with Crippen molar-refractivity contribution < 1.29 is 9.84 Å². The Labute approximate surface area is 128 Å². The Bertz CT molecular complexity index is 527. The van der Waals surface area contributed by atoms with Crippen molar-refractivity contribution in [1.29, 1.82) is 0 Å². The minimum absolute atomic E-state index is 0.201. The summed E-state index contributed by atoms with van der Waals surface area (Å²) in [7, 11) is 0. The highest BCUT2D eigenvalue weighted by atomic mass is 79.9. The van der Waals surface area contributed by atoms with Gasteiger partial charge in [-0.25, -0.2) is 0 Å². The fraction of sp³-hybridized carbons (Fsp3) is 0.500. The van der Waals surface area contributed by atoms with Gasteiger partial charge in [-0.1, -0.05) is 15.9 Å². The molecular weight excluding hydrogens is 318 g/mol. The standard InChI is InChI=1S/C16H20BrNO2/c1-11(19)13-4-5-18(9-13)8-12-6-14-7-15(17)2-3-16(14)20-10-12/h2-3,6-7,11,13,19H,4-5,8-10H2,1H3. The van der Waals surface area contributed by atoms with Gasteiger partial charge in [0.2, 0.25) is 0 Å². The third-order valence-electron chi connectivity index (χ3n) is 4.16. The molecule has 1 aromatic carbocycles. The number of aliphatic hydroxyl groups is 1. The maximum absolute atomic E-state index is 9.67. The molecule has 0 radical (unpaired) electrons. The van der Waals surface area contributed by atoms with Gasteiger partial charge in [0.25, 0.3) is 0 Å². The molecule has 0 bridgehead atoms. The number of rotatable bonds is 3. The zero-order chi connectivity index (χ0) is 14.1. The molecule has 0 saturated carbocycles. The Morgan fingerprint density at radius 2 is 2.35 bits per heavy atom. The summed E-state index contributed by atoms with van der Waals surface area (Å²) in [6.07, 6.45) is 3.13. The molecule has 2 unspecified atom stereocenters. The molecule has 2 atom stereocenters. The average molecular weight is 338 g/mol. The number of benzene rings is 1. The summed E-state index contributed by atoms with van der Waals surface area (Å²) in [5, 5.41) is 9.67. The van der Waals surface area contributed by atoms with E-state index in [-0.39, 0.29) is 6.10 Å². The van der Waals surface area contributed by atoms with Crippen LogP contribution in [0.1, 0.15) is 18.9 Å². The van der Waals surface area contributed by atoms with Gasteiger partial charge in [-0.05, 0) is 55.7 Å². The molecule has 0 amide bonds. The van der Waals surface area contributed by atoms with Crippen LogP contribution in [-0.2, 0) is 0 Å². The van der Waals surface area contributed by atoms with Crippen LogP contribution in [0.5, 0.6) is 5.75 Å². The van der Waals surface area contributed by atoms with E-state index in [0.717, 1.165) is 41.8 Å². The second-order valence-electron chi connectivity index (χ2n) is 5.80. The summed E-state index contributed by atoms with van der Waals surface area (Å²) in [4.78, 5) is 2.41. The lowest BCUT2D eigenvalue weighted by atomic mass is 10.0. The summed E-state index contributed by atoms with van der Waals surface area (Å²) in [5.41, 5.74) is 2.45. The monoisotopic (exact) mass is 337 g/mol. The predicted octanol–water partition coefficient (Wildman–Crippen LogP) is 2.93. The molecule has 20 heavy (non-hydrogen) atoms. The van der Waals surface area contributed by atoms with Gasteiger partial charge in [0.1, 0.15) is 12.4 Å². The lowest BCUT2D eigenvalue weighted by Crippen LogP contribution is -2.28. The molecule has 2 aliphatic heterocycles. The second kappa shape index (κ2) is 5.88. The molecule has 1 N–H and O–H groups in total. The number of nitrogens with zero attached hydrogens (tertiary/aromatic N) is 1. The fourth-order valence-electron chi connectivity index (χ4n) is 2.97. The van der Waals surface area contributed by atoms with Gasteiger partial charge < -0.3 is 9.84 Å². The van der Waals surface area contributed by atoms with E-state index in [1.165, 1.54) is 5.57 Å². The minimum Gasteiger partial charge on any atom is -0.489 e. The largest absolute Gasteiger partial charge is 0.489 e. The molecule has 0 spiro atoms. The van der Waals surface area contributed by atoms with E-state index in [1.807, 2.05) is 19.1 Å². The number of ether oxygens (including phenoxy) is 1. The van der Waals surface area contributed by atoms with Crippen LogP contribution in [-0.4, -0.2) is 42.4 Å². The van der Waals surface area contributed by atoms with E-state index in [4.69, 9.17) is 4.74 Å². The fourth-order valence-corrected chi connectivity index (χ4v) is 3.35. The van der Waals surface area contributed by atoms with Crippen LogP contribution in [0, 0.1) is 5.92 Å². The summed E-state index contributed by atoms with van der Waals surface area (Å²) < 4.78 is 6.89. The van der Waals surface area contributed by atoms with Gasteiger partial charge in [-0.15, -0.1) is 0 Å². The molecule has 0 aromatic heterocycles. The van der Waals surface area contributed by atoms with Crippen LogP contribution < -0.4 is 4.74 Å². The summed E-state index contributed by atoms with van der Waals surface area (Å²) in [5.74, 6) is 1.38. The molecule has 0 aliphatic carbocycles. The zero-order valence-corrected chi connectivity index (χ0v) is 13.3. The van der Waals surface area contributed by atoms with Crippen molar-refractivity contribution >= 4 is 22.0 Å². The molecule has 3 rings (SSSR count). The Morgan fingerprint density at radius 3 is 3.10 bits per heavy atom. The van der Waals surface area contributed by atoms with E-state index >= 15 is 0 Å². The van der Waals surface area contributed by atoms with E-state index < -0.39 is 0 Å². The van der Waals surface area contributed by atoms with Crippen LogP contribution >= 0.6 is 15.9 Å². The number of fused-ring (bicyclic) bond motifs is 1. The molecule has 1 fully saturated rings. The first kappa shape index (κ1) is 14.1. The maximum Gasteiger partial charge on any atom is 0.127 e. The molecule has 2 heterocycles. The number of aliphatic hydroxyl groups excluding tert-OH is 1. The van der Waals surface area contributed by atoms with Crippen molar-refractivity contribution in [1.82, 2.24) is 4.90 Å². The van der Waals surface area contributed by atoms with Crippen molar-refractivity contribution in [2.75, 3.05) is 26.2 Å². The van der Waals surface area contributed by atoms with E-state index in [2.05, 4.69) is 33.0 Å². The van der Waals surface area contributed by atoms with Crippen LogP contribution in [0.4, 0.5) is 0 Å². The summed E-state index contributed by atoms with van der Waals surface area (Å²) in [6, 6.07) is 6.11. The van der Waals surface area contributed by atoms with Gasteiger partial charge in [-0.2, -0.15) is 0 Å². The predicted molar refractivity (Wildman–Crippen MR) is 83.8 cm³/mol. The molecular formula is C16H20BrNO2. The summed E-state index contributed by atoms with van der Waals surface area (Å²) >= 11 is 3.50. The van der Waals surface area contributed by atoms with Gasteiger partial charge in [-0.3, -0.25) is 4.90 Å². The van der Waals surface area contributed by atoms with E-state index in [9.17, 15) is 5.11 Å². The third-order valence-corrected chi connectivity index (χ3v) is 4.66. The number of likely N-dealkylation sites (tertiary alicyclic amines) is 1. The topological polar surface area (TPSA) is 32.7 Å². The Kier molecular flexibility index (Phi) is 4.15. The summed E-state index contributed by atoms with van der Waals surface area (Å²) in [6.45, 7) is 5.56. The number of hydrogen-bond donors (Lipinski definition) is 1. The first-order valence-corrected chi connectivity index (χ1v) is 7.93. The molecule has 1 aromatic rings. The van der Waals surface area contributed by atoms with Crippen molar-refractivity contribution in [3.63, 3.8) is 0 Å². The smallest absolute Gasteiger partial charge is 0.127 e. The highest BCUT2D eigenvalue weighted by Crippen LogP contribution is 2.30. The first-order chi connectivity index (χ1) is 9.61. The molecule has 108 valence electrons. The third kappa shape index (κ3) is 3.08. The van der Waals surface area contributed by atoms with E-state index in [0.29, 0.717) is 12.5 Å². The van der Waals surface area contributed by atoms with Crippen LogP contribution in [0.15, 0.2) is 28.2 Å². The minimum atomic E-state index is -0.201. The highest BCUT2D eigenvalue weighted by molar-refractivity contribution is 9.10. The second-order valence-corrected chi connectivity index (χ2v) is 6.71. The average Bonchev–Trinajstić information content (AvgIpc) is 2.87. The van der Waals surface area contributed by atoms with Gasteiger partial charge in [0.05, 0.1) is 6.10 Å². The van der Waals surface area contributed by atoms with Crippen LogP contribution in [0.25, 0.3) is 6.08 Å². The lowest BCUT2D eigenvalue weighted by molar-refractivity contribution is 0.128. The zero-order valence-electron chi connectivity index (χ0n) is 11.7. The molecule has 4 heteroatoms. The number of hydrogen-bond acceptors (Lipinski definition) is 3. The normalized spacial score (nSPS) is 23.9. The van der Waals surface area contributed by atoms with Crippen LogP contribution in [0.2, 0.25) is 0 Å². The van der Waals surface area contributed by atoms with E-state index in [1.54, 1.807) is 0 Å². The van der Waals surface area contributed by atoms with Gasteiger partial charge >= 0.3 is 0 Å². The maximum atomic E-state index is 9.67. The van der Waals surface area contributed by atoms with Crippen molar-refractivity contribution in [2.45, 2.75) is 19.4 Å². The van der Waals surface area contributed by atoms with Crippen molar-refractivity contribution in [3.8, 4) is 5.75 Å². The Morgan fingerprint density at radius 1 is 1.50 bits per heavy atom. The van der Waals surface area contributed by atoms with Crippen molar-refractivity contribution in [3.05, 3.63) is 33.8 Å². The number of halogens is 1. The first-order valence-electron chi connectivity index (χ1n) is 7.14. The highest BCUT2D eigenvalue weighted by Gasteiger charge is 2.26. The van der Waals surface area contributed by atoms with Gasteiger partial charge in [0.15, 0.2) is 0 Å². The Balaban J connectivity index is 1.67. The molecule has 2 aliphatic rings.